The average Bonchev–Trinajstić information content (AvgIpc) is 2.35. The first-order valence-corrected chi connectivity index (χ1v) is 8.89. The van der Waals surface area contributed by atoms with Gasteiger partial charge < -0.3 is 10.1 Å². The van der Waals surface area contributed by atoms with Crippen LogP contribution in [0.4, 0.5) is 4.79 Å². The van der Waals surface area contributed by atoms with Crippen molar-refractivity contribution in [2.45, 2.75) is 51.2 Å². The van der Waals surface area contributed by atoms with Crippen LogP contribution in [0, 0.1) is 6.92 Å². The second-order valence-corrected chi connectivity index (χ2v) is 8.61. The van der Waals surface area contributed by atoms with Crippen LogP contribution >= 0.6 is 0 Å². The third-order valence-corrected chi connectivity index (χ3v) is 5.06. The Labute approximate surface area is 138 Å². The van der Waals surface area contributed by atoms with E-state index >= 15 is 0 Å². The minimum absolute atomic E-state index is 0.149. The fourth-order valence-corrected chi connectivity index (χ4v) is 3.53. The Kier molecular flexibility index (Phi) is 6.18. The van der Waals surface area contributed by atoms with Crippen LogP contribution in [-0.4, -0.2) is 44.1 Å². The molecule has 0 unspecified atom stereocenters. The zero-order valence-corrected chi connectivity index (χ0v) is 15.4. The molecule has 1 aromatic rings. The van der Waals surface area contributed by atoms with Crippen LogP contribution in [0.3, 0.4) is 0 Å². The fourth-order valence-electron chi connectivity index (χ4n) is 2.05. The van der Waals surface area contributed by atoms with Crippen molar-refractivity contribution in [1.82, 2.24) is 9.62 Å². The van der Waals surface area contributed by atoms with Gasteiger partial charge in [-0.1, -0.05) is 18.2 Å². The number of ether oxygens (including phenoxy) is 1. The van der Waals surface area contributed by atoms with Gasteiger partial charge in [0.25, 0.3) is 0 Å². The highest BCUT2D eigenvalue weighted by Crippen LogP contribution is 2.18. The smallest absolute Gasteiger partial charge is 0.407 e. The maximum absolute atomic E-state index is 12.6. The number of aryl methyl sites for hydroxylation is 1. The summed E-state index contributed by atoms with van der Waals surface area (Å²) < 4.78 is 31.6. The summed E-state index contributed by atoms with van der Waals surface area (Å²) in [5.74, 6) is 0. The van der Waals surface area contributed by atoms with Crippen molar-refractivity contribution in [1.29, 1.82) is 0 Å². The zero-order chi connectivity index (χ0) is 17.8. The third kappa shape index (κ3) is 5.84. The molecule has 1 N–H and O–H groups in total. The predicted molar refractivity (Wildman–Crippen MR) is 89.8 cm³/mol. The molecule has 0 aliphatic rings. The quantitative estimate of drug-likeness (QED) is 0.892. The Morgan fingerprint density at radius 3 is 2.39 bits per heavy atom. The summed E-state index contributed by atoms with van der Waals surface area (Å²) in [7, 11) is -2.10. The van der Waals surface area contributed by atoms with E-state index in [0.29, 0.717) is 5.56 Å². The average molecular weight is 342 g/mol. The maximum Gasteiger partial charge on any atom is 0.407 e. The Morgan fingerprint density at radius 1 is 1.30 bits per heavy atom. The van der Waals surface area contributed by atoms with E-state index in [2.05, 4.69) is 5.32 Å². The summed E-state index contributed by atoms with van der Waals surface area (Å²) in [6.45, 7) is 8.94. The number of amides is 1. The summed E-state index contributed by atoms with van der Waals surface area (Å²) >= 11 is 0. The molecule has 0 spiro atoms. The first-order chi connectivity index (χ1) is 10.4. The number of likely N-dealkylation sites (N-methyl/N-ethyl adjacent to an activating group) is 1. The van der Waals surface area contributed by atoms with Crippen LogP contribution in [0.1, 0.15) is 33.3 Å². The second kappa shape index (κ2) is 7.31. The van der Waals surface area contributed by atoms with Gasteiger partial charge in [0.15, 0.2) is 0 Å². The molecule has 0 radical (unpaired) electrons. The lowest BCUT2D eigenvalue weighted by molar-refractivity contribution is 0.0504. The number of hydrogen-bond donors (Lipinski definition) is 1. The summed E-state index contributed by atoms with van der Waals surface area (Å²) in [5, 5.41) is 2.64. The van der Waals surface area contributed by atoms with Crippen molar-refractivity contribution >= 4 is 16.1 Å². The van der Waals surface area contributed by atoms with Crippen LogP contribution in [0.15, 0.2) is 29.2 Å². The molecular weight excluding hydrogens is 316 g/mol. The molecule has 0 fully saturated rings. The molecule has 0 heterocycles. The van der Waals surface area contributed by atoms with Crippen molar-refractivity contribution in [3.8, 4) is 0 Å². The topological polar surface area (TPSA) is 75.7 Å². The van der Waals surface area contributed by atoms with Gasteiger partial charge in [-0.05, 0) is 46.2 Å². The molecule has 1 rings (SSSR count). The van der Waals surface area contributed by atoms with Crippen LogP contribution in [0.2, 0.25) is 0 Å². The summed E-state index contributed by atoms with van der Waals surface area (Å²) in [6.07, 6.45) is -0.563. The number of nitrogens with one attached hydrogen (secondary N) is 1. The van der Waals surface area contributed by atoms with Gasteiger partial charge in [-0.3, -0.25) is 0 Å². The molecule has 0 aliphatic heterocycles. The molecule has 0 aromatic heterocycles. The molecule has 0 aliphatic carbocycles. The first-order valence-electron chi connectivity index (χ1n) is 7.45. The first kappa shape index (κ1) is 19.4. The van der Waals surface area contributed by atoms with E-state index < -0.39 is 21.7 Å². The van der Waals surface area contributed by atoms with Gasteiger partial charge >= 0.3 is 6.09 Å². The van der Waals surface area contributed by atoms with E-state index in [4.69, 9.17) is 4.74 Å². The number of sulfonamides is 1. The van der Waals surface area contributed by atoms with Crippen molar-refractivity contribution in [2.24, 2.45) is 0 Å². The lowest BCUT2D eigenvalue weighted by Gasteiger charge is -2.25. The number of hydrogen-bond acceptors (Lipinski definition) is 4. The lowest BCUT2D eigenvalue weighted by Crippen LogP contribution is -2.44. The van der Waals surface area contributed by atoms with Crippen molar-refractivity contribution in [3.05, 3.63) is 29.8 Å². The Morgan fingerprint density at radius 2 is 1.87 bits per heavy atom. The van der Waals surface area contributed by atoms with E-state index in [-0.39, 0.29) is 17.5 Å². The van der Waals surface area contributed by atoms with Crippen LogP contribution in [-0.2, 0) is 14.8 Å². The highest BCUT2D eigenvalue weighted by Gasteiger charge is 2.25. The van der Waals surface area contributed by atoms with Gasteiger partial charge in [-0.2, -0.15) is 4.31 Å². The fraction of sp³-hybridized carbons (Fsp3) is 0.562. The highest BCUT2D eigenvalue weighted by atomic mass is 32.2. The number of carbonyl (C=O) groups excluding carboxylic acids is 1. The molecule has 6 nitrogen and oxygen atoms in total. The minimum atomic E-state index is -3.59. The Bertz CT molecular complexity index is 650. The van der Waals surface area contributed by atoms with Gasteiger partial charge in [-0.25, -0.2) is 13.2 Å². The van der Waals surface area contributed by atoms with Crippen LogP contribution in [0.25, 0.3) is 0 Å². The summed E-state index contributed by atoms with van der Waals surface area (Å²) in [6, 6.07) is 6.43. The molecule has 1 aromatic carbocycles. The number of benzene rings is 1. The Hall–Kier alpha value is -1.60. The van der Waals surface area contributed by atoms with E-state index in [0.717, 1.165) is 0 Å². The second-order valence-electron chi connectivity index (χ2n) is 6.60. The molecule has 0 saturated heterocycles. The predicted octanol–water partition coefficient (Wildman–Crippen LogP) is 2.53. The van der Waals surface area contributed by atoms with Crippen molar-refractivity contribution in [2.75, 3.05) is 13.6 Å². The highest BCUT2D eigenvalue weighted by molar-refractivity contribution is 7.89. The van der Waals surface area contributed by atoms with Gasteiger partial charge in [0, 0.05) is 19.6 Å². The molecule has 130 valence electrons. The number of rotatable bonds is 5. The zero-order valence-electron chi connectivity index (χ0n) is 14.6. The van der Waals surface area contributed by atoms with Crippen LogP contribution < -0.4 is 5.32 Å². The number of nitrogens with zero attached hydrogens (tertiary/aromatic N) is 1. The van der Waals surface area contributed by atoms with Gasteiger partial charge in [-0.15, -0.1) is 0 Å². The molecule has 0 bridgehead atoms. The number of carbonyl (C=O) groups is 1. The molecular formula is C16H26N2O4S. The van der Waals surface area contributed by atoms with E-state index in [1.807, 2.05) is 0 Å². The van der Waals surface area contributed by atoms with Crippen molar-refractivity contribution in [3.63, 3.8) is 0 Å². The van der Waals surface area contributed by atoms with E-state index in [9.17, 15) is 13.2 Å². The normalized spacial score (nSPS) is 13.7. The van der Waals surface area contributed by atoms with Gasteiger partial charge in [0.2, 0.25) is 10.0 Å². The molecule has 7 heteroatoms. The van der Waals surface area contributed by atoms with E-state index in [1.165, 1.54) is 11.4 Å². The Balaban J connectivity index is 2.73. The van der Waals surface area contributed by atoms with Gasteiger partial charge in [0.05, 0.1) is 4.90 Å². The number of alkyl carbamates (subject to hydrolysis) is 1. The SMILES string of the molecule is Cc1ccccc1S(=O)(=O)N(C)C[C@H](C)NC(=O)OC(C)(C)C. The van der Waals surface area contributed by atoms with Gasteiger partial charge in [0.1, 0.15) is 5.60 Å². The van der Waals surface area contributed by atoms with Crippen molar-refractivity contribution < 1.29 is 17.9 Å². The molecule has 1 amide bonds. The standard InChI is InChI=1S/C16H26N2O4S/c1-12-9-7-8-10-14(12)23(20,21)18(6)11-13(2)17-15(19)22-16(3,4)5/h7-10,13H,11H2,1-6H3,(H,17,19)/t13-/m0/s1. The maximum atomic E-state index is 12.6. The summed E-state index contributed by atoms with van der Waals surface area (Å²) in [5.41, 5.74) is 0.0928. The largest absolute Gasteiger partial charge is 0.444 e. The minimum Gasteiger partial charge on any atom is -0.444 e. The third-order valence-electron chi connectivity index (χ3n) is 3.08. The monoisotopic (exact) mass is 342 g/mol. The molecule has 23 heavy (non-hydrogen) atoms. The van der Waals surface area contributed by atoms with E-state index in [1.54, 1.807) is 58.9 Å². The molecule has 0 saturated carbocycles. The molecule has 1 atom stereocenters. The van der Waals surface area contributed by atoms with Crippen LogP contribution in [0.5, 0.6) is 0 Å². The lowest BCUT2D eigenvalue weighted by atomic mass is 10.2. The summed E-state index contributed by atoms with van der Waals surface area (Å²) in [4.78, 5) is 12.0.